The van der Waals surface area contributed by atoms with Crippen molar-refractivity contribution in [3.63, 3.8) is 0 Å². The number of hydrogen-bond donors (Lipinski definition) is 4. The highest BCUT2D eigenvalue weighted by Crippen LogP contribution is 2.43. The number of H-pyrrole nitrogens is 4. The Balaban J connectivity index is 1.30. The summed E-state index contributed by atoms with van der Waals surface area (Å²) in [7, 11) is 0. The van der Waals surface area contributed by atoms with Crippen LogP contribution >= 0.6 is 0 Å². The van der Waals surface area contributed by atoms with Crippen LogP contribution in [0.15, 0.2) is 109 Å². The van der Waals surface area contributed by atoms with Crippen LogP contribution in [-0.2, 0) is 36.6 Å². The number of aromatic amines is 4. The summed E-state index contributed by atoms with van der Waals surface area (Å²) in [5.74, 6) is -0.694. The van der Waals surface area contributed by atoms with Gasteiger partial charge in [0.1, 0.15) is 6.61 Å². The van der Waals surface area contributed by atoms with Gasteiger partial charge in [-0.3, -0.25) is 4.79 Å². The minimum absolute atomic E-state index is 0.157. The van der Waals surface area contributed by atoms with Crippen molar-refractivity contribution in [3.8, 4) is 0 Å². The smallest absolute Gasteiger partial charge is 0.309 e. The molecule has 5 heterocycles. The Bertz CT molecular complexity index is 2020. The van der Waals surface area contributed by atoms with Gasteiger partial charge in [0, 0.05) is 67.2 Å². The molecule has 0 amide bonds. The summed E-state index contributed by atoms with van der Waals surface area (Å²) < 4.78 is 6.46. The summed E-state index contributed by atoms with van der Waals surface area (Å²) >= 11 is 0. The molecule has 0 saturated heterocycles. The fourth-order valence-corrected chi connectivity index (χ4v) is 7.96. The number of esters is 1. The first-order chi connectivity index (χ1) is 24.1. The number of hydrogen-bond acceptors (Lipinski definition) is 2. The van der Waals surface area contributed by atoms with Gasteiger partial charge in [-0.25, -0.2) is 0 Å². The van der Waals surface area contributed by atoms with Crippen LogP contribution in [0.3, 0.4) is 0 Å². The molecule has 1 atom stereocenters. The lowest BCUT2D eigenvalue weighted by molar-refractivity contribution is -0.151. The van der Waals surface area contributed by atoms with Crippen molar-refractivity contribution < 1.29 is 9.53 Å². The summed E-state index contributed by atoms with van der Waals surface area (Å²) in [6, 6.07) is 38.1. The highest BCUT2D eigenvalue weighted by atomic mass is 16.5. The van der Waals surface area contributed by atoms with Gasteiger partial charge < -0.3 is 24.7 Å². The minimum atomic E-state index is -0.700. The number of aromatic nitrogens is 4. The molecular weight excluding hydrogens is 629 g/mol. The normalized spacial score (nSPS) is 17.8. The zero-order chi connectivity index (χ0) is 36.4. The molecule has 1 aliphatic heterocycles. The molecule has 0 aliphatic carbocycles. The van der Waals surface area contributed by atoms with Gasteiger partial charge in [-0.05, 0) is 108 Å². The maximum absolute atomic E-state index is 14.3. The Hall–Kier alpha value is -4.97. The molecule has 8 bridgehead atoms. The molecule has 0 spiro atoms. The second-order valence-corrected chi connectivity index (χ2v) is 16.6. The molecular formula is C45H52N4O2. The molecule has 6 nitrogen and oxygen atoms in total. The van der Waals surface area contributed by atoms with Crippen molar-refractivity contribution in [3.05, 3.63) is 166 Å². The molecule has 6 aromatic rings. The van der Waals surface area contributed by atoms with Crippen molar-refractivity contribution in [2.75, 3.05) is 6.61 Å². The number of nitrogens with one attached hydrogen (secondary N) is 4. The van der Waals surface area contributed by atoms with Crippen molar-refractivity contribution in [1.82, 2.24) is 19.9 Å². The van der Waals surface area contributed by atoms with E-state index in [1.165, 1.54) is 0 Å². The molecule has 6 heteroatoms. The molecule has 264 valence electrons. The number of benzene rings is 2. The van der Waals surface area contributed by atoms with Gasteiger partial charge >= 0.3 is 5.97 Å². The highest BCUT2D eigenvalue weighted by molar-refractivity contribution is 5.75. The SMILES string of the molecule is CC(C(=O)OCC1(C)c2ccc([nH]2)C(C)(C)c2ccc([nH]2)C(C)(C)c2ccc([nH]2)C(C)(C)c2ccc1[nH]2)C(C)(c1ccccc1)c1ccccc1. The van der Waals surface area contributed by atoms with E-state index in [4.69, 9.17) is 4.74 Å². The monoisotopic (exact) mass is 680 g/mol. The molecule has 1 unspecified atom stereocenters. The molecule has 4 aromatic heterocycles. The van der Waals surface area contributed by atoms with E-state index in [0.717, 1.165) is 56.7 Å². The van der Waals surface area contributed by atoms with Gasteiger partial charge in [-0.1, -0.05) is 74.5 Å². The van der Waals surface area contributed by atoms with Crippen LogP contribution in [0.5, 0.6) is 0 Å². The summed E-state index contributed by atoms with van der Waals surface area (Å²) in [5.41, 5.74) is 8.61. The van der Waals surface area contributed by atoms with Gasteiger partial charge in [0.15, 0.2) is 0 Å². The predicted molar refractivity (Wildman–Crippen MR) is 205 cm³/mol. The van der Waals surface area contributed by atoms with Crippen LogP contribution < -0.4 is 0 Å². The first kappa shape index (κ1) is 34.5. The number of carbonyl (C=O) groups excluding carboxylic acids is 1. The summed E-state index contributed by atoms with van der Waals surface area (Å²) in [5, 5.41) is 0. The van der Waals surface area contributed by atoms with Crippen molar-refractivity contribution in [2.24, 2.45) is 5.92 Å². The third-order valence-electron chi connectivity index (χ3n) is 12.4. The van der Waals surface area contributed by atoms with Crippen LogP contribution in [0.25, 0.3) is 0 Å². The molecule has 7 rings (SSSR count). The number of fused-ring (bicyclic) bond motifs is 8. The second kappa shape index (κ2) is 12.1. The first-order valence-corrected chi connectivity index (χ1v) is 18.2. The molecule has 2 aromatic carbocycles. The molecule has 0 radical (unpaired) electrons. The molecule has 0 fully saturated rings. The lowest BCUT2D eigenvalue weighted by atomic mass is 9.68. The number of ether oxygens (including phenoxy) is 1. The maximum atomic E-state index is 14.3. The van der Waals surface area contributed by atoms with E-state index in [1.54, 1.807) is 0 Å². The van der Waals surface area contributed by atoms with Crippen molar-refractivity contribution in [1.29, 1.82) is 0 Å². The van der Waals surface area contributed by atoms with Crippen LogP contribution in [0.2, 0.25) is 0 Å². The average molecular weight is 681 g/mol. The maximum Gasteiger partial charge on any atom is 0.309 e. The molecule has 51 heavy (non-hydrogen) atoms. The van der Waals surface area contributed by atoms with E-state index in [-0.39, 0.29) is 28.8 Å². The van der Waals surface area contributed by atoms with Crippen LogP contribution in [0, 0.1) is 5.92 Å². The van der Waals surface area contributed by atoms with Crippen LogP contribution in [0.1, 0.15) is 119 Å². The summed E-state index contributed by atoms with van der Waals surface area (Å²) in [4.78, 5) is 29.5. The second-order valence-electron chi connectivity index (χ2n) is 16.6. The Labute approximate surface area is 302 Å². The Morgan fingerprint density at radius 2 is 0.824 bits per heavy atom. The van der Waals surface area contributed by atoms with Crippen molar-refractivity contribution >= 4 is 5.97 Å². The van der Waals surface area contributed by atoms with Gasteiger partial charge in [0.05, 0.1) is 11.3 Å². The Morgan fingerprint density at radius 1 is 0.529 bits per heavy atom. The van der Waals surface area contributed by atoms with E-state index < -0.39 is 16.7 Å². The third-order valence-corrected chi connectivity index (χ3v) is 12.4. The fourth-order valence-electron chi connectivity index (χ4n) is 7.96. The first-order valence-electron chi connectivity index (χ1n) is 18.2. The molecule has 0 saturated carbocycles. The molecule has 1 aliphatic rings. The topological polar surface area (TPSA) is 89.5 Å². The van der Waals surface area contributed by atoms with Crippen molar-refractivity contribution in [2.45, 2.75) is 89.4 Å². The Kier molecular flexibility index (Phi) is 8.16. The summed E-state index contributed by atoms with van der Waals surface area (Å²) in [6.45, 7) is 19.9. The standard InChI is InChI=1S/C45H52N4O2/c1-29(45(9,30-16-12-10-13-17-30)31-18-14-11-15-19-31)40(50)51-28-44(8)38-26-24-36(48-38)42(4,5)34-22-20-32(46-34)41(2,3)33-21-23-35(47-33)43(6,7)37-25-27-39(44)49-37/h10-27,29,46-49H,28H2,1-9H3. The summed E-state index contributed by atoms with van der Waals surface area (Å²) in [6.07, 6.45) is 0. The average Bonchev–Trinajstić information content (AvgIpc) is 3.97. The van der Waals surface area contributed by atoms with Gasteiger partial charge in [-0.2, -0.15) is 0 Å². The lowest BCUT2D eigenvalue weighted by Crippen LogP contribution is -2.40. The third kappa shape index (κ3) is 5.51. The van der Waals surface area contributed by atoms with E-state index in [2.05, 4.69) is 148 Å². The zero-order valence-electron chi connectivity index (χ0n) is 31.5. The largest absolute Gasteiger partial charge is 0.464 e. The highest BCUT2D eigenvalue weighted by Gasteiger charge is 2.43. The van der Waals surface area contributed by atoms with E-state index >= 15 is 0 Å². The van der Waals surface area contributed by atoms with Gasteiger partial charge in [0.2, 0.25) is 0 Å². The minimum Gasteiger partial charge on any atom is -0.464 e. The van der Waals surface area contributed by atoms with Gasteiger partial charge in [0.25, 0.3) is 0 Å². The van der Waals surface area contributed by atoms with E-state index in [1.807, 2.05) is 43.3 Å². The zero-order valence-corrected chi connectivity index (χ0v) is 31.5. The number of carbonyl (C=O) groups is 1. The van der Waals surface area contributed by atoms with E-state index in [9.17, 15) is 4.79 Å². The lowest BCUT2D eigenvalue weighted by Gasteiger charge is -2.36. The van der Waals surface area contributed by atoms with Crippen LogP contribution in [0.4, 0.5) is 0 Å². The quantitative estimate of drug-likeness (QED) is 0.132. The number of rotatable bonds is 6. The molecule has 4 N–H and O–H groups in total. The van der Waals surface area contributed by atoms with Crippen LogP contribution in [-0.4, -0.2) is 32.5 Å². The predicted octanol–water partition coefficient (Wildman–Crippen LogP) is 9.78. The van der Waals surface area contributed by atoms with Gasteiger partial charge in [-0.15, -0.1) is 0 Å². The fraction of sp³-hybridized carbons (Fsp3) is 0.356. The van der Waals surface area contributed by atoms with E-state index in [0.29, 0.717) is 0 Å². The Morgan fingerprint density at radius 3 is 1.16 bits per heavy atom.